The Balaban J connectivity index is 2.08. The molecular weight excluding hydrogens is 138 g/mol. The summed E-state index contributed by atoms with van der Waals surface area (Å²) in [4.78, 5) is 2.57. The first kappa shape index (κ1) is 7.56. The Hall–Kier alpha value is -0.0800. The van der Waals surface area contributed by atoms with Gasteiger partial charge >= 0.3 is 0 Å². The van der Waals surface area contributed by atoms with Crippen LogP contribution in [0, 0.1) is 0 Å². The van der Waals surface area contributed by atoms with Gasteiger partial charge in [-0.3, -0.25) is 4.90 Å². The zero-order valence-electron chi connectivity index (χ0n) is 7.63. The van der Waals surface area contributed by atoms with Gasteiger partial charge in [-0.05, 0) is 27.2 Å². The molecule has 2 saturated heterocycles. The van der Waals surface area contributed by atoms with Crippen molar-refractivity contribution in [2.75, 3.05) is 13.2 Å². The van der Waals surface area contributed by atoms with Crippen LogP contribution in [-0.2, 0) is 4.74 Å². The Morgan fingerprint density at radius 3 is 2.36 bits per heavy atom. The van der Waals surface area contributed by atoms with Crippen LogP contribution in [0.4, 0.5) is 0 Å². The quantitative estimate of drug-likeness (QED) is 0.522. The van der Waals surface area contributed by atoms with E-state index in [-0.39, 0.29) is 0 Å². The number of ether oxygens (including phenoxy) is 1. The Morgan fingerprint density at radius 2 is 2.09 bits per heavy atom. The summed E-state index contributed by atoms with van der Waals surface area (Å²) in [6.45, 7) is 8.96. The van der Waals surface area contributed by atoms with Gasteiger partial charge in [0.25, 0.3) is 0 Å². The monoisotopic (exact) mass is 155 g/mol. The van der Waals surface area contributed by atoms with Crippen LogP contribution in [0.3, 0.4) is 0 Å². The lowest BCUT2D eigenvalue weighted by Gasteiger charge is -2.38. The summed E-state index contributed by atoms with van der Waals surface area (Å²) in [5.41, 5.74) is 0.337. The molecule has 0 aromatic rings. The number of fused-ring (bicyclic) bond motifs is 2. The van der Waals surface area contributed by atoms with Gasteiger partial charge in [0.15, 0.2) is 0 Å². The summed E-state index contributed by atoms with van der Waals surface area (Å²) in [6.07, 6.45) is 1.80. The molecule has 0 spiro atoms. The summed E-state index contributed by atoms with van der Waals surface area (Å²) in [7, 11) is 0. The molecule has 0 aromatic heterocycles. The molecule has 1 unspecified atom stereocenters. The minimum Gasteiger partial charge on any atom is -0.375 e. The van der Waals surface area contributed by atoms with Crippen LogP contribution < -0.4 is 0 Å². The van der Waals surface area contributed by atoms with Gasteiger partial charge in [-0.2, -0.15) is 0 Å². The molecular formula is C9H17NO. The Labute approximate surface area is 68.5 Å². The lowest BCUT2D eigenvalue weighted by atomic mass is 10.1. The predicted octanol–water partition coefficient (Wildman–Crippen LogP) is 1.26. The highest BCUT2D eigenvalue weighted by Gasteiger charge is 2.43. The Morgan fingerprint density at radius 1 is 1.36 bits per heavy atom. The molecule has 11 heavy (non-hydrogen) atoms. The molecule has 0 saturated carbocycles. The van der Waals surface area contributed by atoms with Crippen LogP contribution in [0.1, 0.15) is 27.2 Å². The fourth-order valence-electron chi connectivity index (χ4n) is 2.22. The van der Waals surface area contributed by atoms with Crippen molar-refractivity contribution >= 4 is 0 Å². The number of hydrogen-bond acceptors (Lipinski definition) is 2. The van der Waals surface area contributed by atoms with Crippen molar-refractivity contribution in [1.29, 1.82) is 0 Å². The smallest absolute Gasteiger partial charge is 0.0718 e. The second kappa shape index (κ2) is 2.20. The highest BCUT2D eigenvalue weighted by atomic mass is 16.5. The van der Waals surface area contributed by atoms with E-state index in [1.807, 2.05) is 0 Å². The molecule has 2 rings (SSSR count). The second-order valence-corrected chi connectivity index (χ2v) is 4.67. The van der Waals surface area contributed by atoms with E-state index in [4.69, 9.17) is 4.74 Å². The zero-order valence-corrected chi connectivity index (χ0v) is 7.63. The van der Waals surface area contributed by atoms with Crippen molar-refractivity contribution in [2.24, 2.45) is 0 Å². The third-order valence-corrected chi connectivity index (χ3v) is 2.76. The third-order valence-electron chi connectivity index (χ3n) is 2.76. The van der Waals surface area contributed by atoms with Crippen LogP contribution >= 0.6 is 0 Å². The van der Waals surface area contributed by atoms with E-state index in [2.05, 4.69) is 25.7 Å². The van der Waals surface area contributed by atoms with E-state index in [0.717, 1.165) is 13.2 Å². The van der Waals surface area contributed by atoms with Crippen LogP contribution in [-0.4, -0.2) is 35.7 Å². The highest BCUT2D eigenvalue weighted by Crippen LogP contribution is 2.33. The van der Waals surface area contributed by atoms with E-state index in [9.17, 15) is 0 Å². The maximum Gasteiger partial charge on any atom is 0.0718 e. The largest absolute Gasteiger partial charge is 0.375 e. The molecule has 64 valence electrons. The maximum atomic E-state index is 5.54. The summed E-state index contributed by atoms with van der Waals surface area (Å²) in [6, 6.07) is 0.708. The van der Waals surface area contributed by atoms with Gasteiger partial charge in [-0.25, -0.2) is 0 Å². The predicted molar refractivity (Wildman–Crippen MR) is 44.6 cm³/mol. The zero-order chi connectivity index (χ0) is 8.06. The van der Waals surface area contributed by atoms with Gasteiger partial charge in [0.2, 0.25) is 0 Å². The average Bonchev–Trinajstić information content (AvgIpc) is 2.42. The molecule has 2 fully saturated rings. The summed E-state index contributed by atoms with van der Waals surface area (Å²) < 4.78 is 5.54. The fourth-order valence-corrected chi connectivity index (χ4v) is 2.22. The summed E-state index contributed by atoms with van der Waals surface area (Å²) >= 11 is 0. The number of rotatable bonds is 0. The van der Waals surface area contributed by atoms with Crippen LogP contribution in [0.15, 0.2) is 0 Å². The van der Waals surface area contributed by atoms with Gasteiger partial charge in [0.1, 0.15) is 0 Å². The molecule has 0 aromatic carbocycles. The number of nitrogens with zero attached hydrogens (tertiary/aromatic N) is 1. The molecule has 0 N–H and O–H groups in total. The van der Waals surface area contributed by atoms with Crippen molar-refractivity contribution in [3.05, 3.63) is 0 Å². The van der Waals surface area contributed by atoms with Crippen LogP contribution in [0.5, 0.6) is 0 Å². The van der Waals surface area contributed by atoms with Gasteiger partial charge in [-0.15, -0.1) is 0 Å². The van der Waals surface area contributed by atoms with E-state index < -0.39 is 0 Å². The van der Waals surface area contributed by atoms with Crippen molar-refractivity contribution < 1.29 is 4.74 Å². The molecule has 2 aliphatic rings. The molecule has 2 nitrogen and oxygen atoms in total. The van der Waals surface area contributed by atoms with Crippen molar-refractivity contribution in [2.45, 2.75) is 44.9 Å². The molecule has 0 amide bonds. The standard InChI is InChI=1S/C9H17NO/c1-9(2,3)10-5-8-4-7(10)6-11-8/h7-8H,4-6H2,1-3H3/t7-,8?/m0/s1. The maximum absolute atomic E-state index is 5.54. The summed E-state index contributed by atoms with van der Waals surface area (Å²) in [5.74, 6) is 0. The third kappa shape index (κ3) is 1.18. The Bertz CT molecular complexity index is 161. The first-order valence-corrected chi connectivity index (χ1v) is 4.46. The molecule has 2 atom stereocenters. The van der Waals surface area contributed by atoms with Gasteiger partial charge in [-0.1, -0.05) is 0 Å². The van der Waals surface area contributed by atoms with Gasteiger partial charge in [0, 0.05) is 18.1 Å². The molecule has 0 radical (unpaired) electrons. The van der Waals surface area contributed by atoms with E-state index in [1.165, 1.54) is 6.42 Å². The SMILES string of the molecule is CC(C)(C)N1CC2C[C@H]1CO2. The normalized spacial score (nSPS) is 38.5. The van der Waals surface area contributed by atoms with Gasteiger partial charge < -0.3 is 4.74 Å². The number of likely N-dealkylation sites (tertiary alicyclic amines) is 1. The van der Waals surface area contributed by atoms with Crippen molar-refractivity contribution in [3.8, 4) is 0 Å². The van der Waals surface area contributed by atoms with Crippen LogP contribution in [0.2, 0.25) is 0 Å². The minimum absolute atomic E-state index is 0.337. The highest BCUT2D eigenvalue weighted by molar-refractivity contribution is 4.96. The Kier molecular flexibility index (Phi) is 1.52. The molecule has 2 bridgehead atoms. The van der Waals surface area contributed by atoms with E-state index in [1.54, 1.807) is 0 Å². The second-order valence-electron chi connectivity index (χ2n) is 4.67. The van der Waals surface area contributed by atoms with Crippen molar-refractivity contribution in [1.82, 2.24) is 4.90 Å². The number of morpholine rings is 1. The molecule has 2 aliphatic heterocycles. The fraction of sp³-hybridized carbons (Fsp3) is 1.00. The first-order valence-electron chi connectivity index (χ1n) is 4.46. The van der Waals surface area contributed by atoms with Crippen molar-refractivity contribution in [3.63, 3.8) is 0 Å². The molecule has 0 aliphatic carbocycles. The lowest BCUT2D eigenvalue weighted by Crippen LogP contribution is -2.48. The van der Waals surface area contributed by atoms with Crippen LogP contribution in [0.25, 0.3) is 0 Å². The first-order chi connectivity index (χ1) is 5.07. The topological polar surface area (TPSA) is 12.5 Å². The van der Waals surface area contributed by atoms with Gasteiger partial charge in [0.05, 0.1) is 12.7 Å². The van der Waals surface area contributed by atoms with E-state index >= 15 is 0 Å². The number of hydrogen-bond donors (Lipinski definition) is 0. The minimum atomic E-state index is 0.337. The average molecular weight is 155 g/mol. The molecule has 2 heteroatoms. The summed E-state index contributed by atoms with van der Waals surface area (Å²) in [5, 5.41) is 0. The lowest BCUT2D eigenvalue weighted by molar-refractivity contribution is -0.00804. The van der Waals surface area contributed by atoms with E-state index in [0.29, 0.717) is 17.7 Å². The molecule has 2 heterocycles.